The first kappa shape index (κ1) is 17.4. The van der Waals surface area contributed by atoms with Crippen LogP contribution in [0.4, 0.5) is 0 Å². The molecule has 0 saturated carbocycles. The van der Waals surface area contributed by atoms with Crippen molar-refractivity contribution in [2.24, 2.45) is 0 Å². The molecule has 0 aliphatic carbocycles. The molecule has 1 aromatic rings. The molecule has 1 heterocycles. The number of hydrogen-bond acceptors (Lipinski definition) is 4. The van der Waals surface area contributed by atoms with Crippen molar-refractivity contribution < 1.29 is 13.2 Å². The lowest BCUT2D eigenvalue weighted by Gasteiger charge is -2.28. The Hall–Kier alpha value is -0.950. The second-order valence-corrected chi connectivity index (χ2v) is 8.05. The summed E-state index contributed by atoms with van der Waals surface area (Å²) in [7, 11) is -1.76. The number of ether oxygens (including phenoxy) is 1. The highest BCUT2D eigenvalue weighted by molar-refractivity contribution is 7.89. The van der Waals surface area contributed by atoms with E-state index in [0.717, 1.165) is 38.4 Å². The van der Waals surface area contributed by atoms with Crippen LogP contribution in [0.3, 0.4) is 0 Å². The predicted octanol–water partition coefficient (Wildman–Crippen LogP) is 1.76. The van der Waals surface area contributed by atoms with E-state index in [1.165, 1.54) is 4.31 Å². The van der Waals surface area contributed by atoms with Crippen molar-refractivity contribution in [1.29, 1.82) is 0 Å². The summed E-state index contributed by atoms with van der Waals surface area (Å²) in [5.41, 5.74) is 1.15. The number of likely N-dealkylation sites (N-methyl/N-ethyl adjacent to an activating group) is 1. The molecular weight excluding hydrogens is 300 g/mol. The van der Waals surface area contributed by atoms with E-state index < -0.39 is 10.0 Å². The summed E-state index contributed by atoms with van der Waals surface area (Å²) >= 11 is 0. The minimum Gasteiger partial charge on any atom is -0.379 e. The molecule has 2 rings (SSSR count). The Bertz CT molecular complexity index is 564. The molecule has 1 aromatic carbocycles. The maximum absolute atomic E-state index is 12.6. The predicted molar refractivity (Wildman–Crippen MR) is 87.6 cm³/mol. The summed E-state index contributed by atoms with van der Waals surface area (Å²) in [5.74, 6) is 0.399. The van der Waals surface area contributed by atoms with Crippen molar-refractivity contribution in [2.75, 3.05) is 46.4 Å². The average molecular weight is 326 g/mol. The fourth-order valence-corrected chi connectivity index (χ4v) is 3.59. The van der Waals surface area contributed by atoms with E-state index in [2.05, 4.69) is 18.7 Å². The van der Waals surface area contributed by atoms with E-state index in [-0.39, 0.29) is 0 Å². The van der Waals surface area contributed by atoms with E-state index in [9.17, 15) is 8.42 Å². The van der Waals surface area contributed by atoms with Crippen LogP contribution in [0.2, 0.25) is 0 Å². The lowest BCUT2D eigenvalue weighted by molar-refractivity contribution is 0.0368. The summed E-state index contributed by atoms with van der Waals surface area (Å²) in [6.45, 7) is 8.63. The highest BCUT2D eigenvalue weighted by atomic mass is 32.2. The first-order chi connectivity index (χ1) is 10.4. The van der Waals surface area contributed by atoms with Crippen molar-refractivity contribution in [3.8, 4) is 0 Å². The maximum atomic E-state index is 12.6. The fraction of sp³-hybridized carbons (Fsp3) is 0.625. The van der Waals surface area contributed by atoms with Crippen LogP contribution in [-0.4, -0.2) is 64.1 Å². The van der Waals surface area contributed by atoms with E-state index in [0.29, 0.717) is 17.4 Å². The highest BCUT2D eigenvalue weighted by Gasteiger charge is 2.21. The Morgan fingerprint density at radius 1 is 1.18 bits per heavy atom. The van der Waals surface area contributed by atoms with Crippen LogP contribution in [0.25, 0.3) is 0 Å². The molecule has 1 fully saturated rings. The third kappa shape index (κ3) is 4.29. The molecule has 6 heteroatoms. The number of benzene rings is 1. The largest absolute Gasteiger partial charge is 0.379 e. The molecule has 0 radical (unpaired) electrons. The zero-order chi connectivity index (χ0) is 16.2. The molecule has 1 aliphatic rings. The number of rotatable bonds is 6. The van der Waals surface area contributed by atoms with Crippen LogP contribution in [0.1, 0.15) is 25.3 Å². The Morgan fingerprint density at radius 3 is 2.32 bits per heavy atom. The third-order valence-electron chi connectivity index (χ3n) is 4.09. The van der Waals surface area contributed by atoms with Crippen LogP contribution in [-0.2, 0) is 14.8 Å². The van der Waals surface area contributed by atoms with Crippen LogP contribution in [0, 0.1) is 0 Å². The molecule has 0 bridgehead atoms. The molecule has 5 nitrogen and oxygen atoms in total. The Morgan fingerprint density at radius 2 is 1.77 bits per heavy atom. The summed E-state index contributed by atoms with van der Waals surface area (Å²) in [5, 5.41) is 0. The molecule has 0 atom stereocenters. The van der Waals surface area contributed by atoms with Gasteiger partial charge in [0.1, 0.15) is 0 Å². The zero-order valence-corrected chi connectivity index (χ0v) is 14.5. The lowest BCUT2D eigenvalue weighted by atomic mass is 10.0. The van der Waals surface area contributed by atoms with Gasteiger partial charge in [0.2, 0.25) is 10.0 Å². The normalized spacial score (nSPS) is 17.3. The molecule has 1 saturated heterocycles. The van der Waals surface area contributed by atoms with Crippen LogP contribution < -0.4 is 0 Å². The van der Waals surface area contributed by atoms with Gasteiger partial charge in [0.05, 0.1) is 18.1 Å². The highest BCUT2D eigenvalue weighted by Crippen LogP contribution is 2.19. The zero-order valence-electron chi connectivity index (χ0n) is 13.7. The Balaban J connectivity index is 1.98. The number of hydrogen-bond donors (Lipinski definition) is 0. The van der Waals surface area contributed by atoms with Crippen LogP contribution in [0.5, 0.6) is 0 Å². The maximum Gasteiger partial charge on any atom is 0.242 e. The van der Waals surface area contributed by atoms with Gasteiger partial charge in [-0.05, 0) is 23.6 Å². The van der Waals surface area contributed by atoms with Crippen molar-refractivity contribution in [2.45, 2.75) is 24.7 Å². The second kappa shape index (κ2) is 7.55. The monoisotopic (exact) mass is 326 g/mol. The number of morpholine rings is 1. The van der Waals surface area contributed by atoms with E-state index in [4.69, 9.17) is 4.74 Å². The van der Waals surface area contributed by atoms with Gasteiger partial charge in [-0.15, -0.1) is 0 Å². The Kier molecular flexibility index (Phi) is 5.97. The smallest absolute Gasteiger partial charge is 0.242 e. The summed E-state index contributed by atoms with van der Waals surface area (Å²) in [6, 6.07) is 7.20. The SMILES string of the molecule is CC(C)c1ccc(S(=O)(=O)N(C)CCN2CCOCC2)cc1. The van der Waals surface area contributed by atoms with Gasteiger partial charge in [0, 0.05) is 33.2 Å². The van der Waals surface area contributed by atoms with E-state index in [1.807, 2.05) is 12.1 Å². The molecule has 0 unspecified atom stereocenters. The number of sulfonamides is 1. The Labute approximate surface area is 133 Å². The molecule has 1 aliphatic heterocycles. The van der Waals surface area contributed by atoms with E-state index in [1.54, 1.807) is 19.2 Å². The minimum absolute atomic E-state index is 0.362. The molecule has 124 valence electrons. The van der Waals surface area contributed by atoms with Gasteiger partial charge >= 0.3 is 0 Å². The molecule has 22 heavy (non-hydrogen) atoms. The molecule has 0 aromatic heterocycles. The first-order valence-electron chi connectivity index (χ1n) is 7.77. The van der Waals surface area contributed by atoms with Gasteiger partial charge < -0.3 is 4.74 Å². The van der Waals surface area contributed by atoms with E-state index >= 15 is 0 Å². The molecule has 0 spiro atoms. The van der Waals surface area contributed by atoms with Crippen LogP contribution >= 0.6 is 0 Å². The summed E-state index contributed by atoms with van der Waals surface area (Å²) < 4.78 is 31.9. The topological polar surface area (TPSA) is 49.9 Å². The van der Waals surface area contributed by atoms with Gasteiger partial charge in [0.15, 0.2) is 0 Å². The first-order valence-corrected chi connectivity index (χ1v) is 9.21. The quantitative estimate of drug-likeness (QED) is 0.799. The van der Waals surface area contributed by atoms with Gasteiger partial charge in [0.25, 0.3) is 0 Å². The lowest BCUT2D eigenvalue weighted by Crippen LogP contribution is -2.41. The third-order valence-corrected chi connectivity index (χ3v) is 5.96. The van der Waals surface area contributed by atoms with Crippen molar-refractivity contribution >= 4 is 10.0 Å². The van der Waals surface area contributed by atoms with Gasteiger partial charge in [-0.2, -0.15) is 4.31 Å². The molecule has 0 N–H and O–H groups in total. The van der Waals surface area contributed by atoms with Crippen LogP contribution in [0.15, 0.2) is 29.2 Å². The summed E-state index contributed by atoms with van der Waals surface area (Å²) in [4.78, 5) is 2.60. The average Bonchev–Trinajstić information content (AvgIpc) is 2.53. The van der Waals surface area contributed by atoms with Crippen molar-refractivity contribution in [3.63, 3.8) is 0 Å². The molecular formula is C16H26N2O3S. The standard InChI is InChI=1S/C16H26N2O3S/c1-14(2)15-4-6-16(7-5-15)22(19,20)17(3)8-9-18-10-12-21-13-11-18/h4-7,14H,8-13H2,1-3H3. The minimum atomic E-state index is -3.41. The van der Waals surface area contributed by atoms with Crippen molar-refractivity contribution in [1.82, 2.24) is 9.21 Å². The second-order valence-electron chi connectivity index (χ2n) is 6.00. The summed E-state index contributed by atoms with van der Waals surface area (Å²) in [6.07, 6.45) is 0. The van der Waals surface area contributed by atoms with Crippen molar-refractivity contribution in [3.05, 3.63) is 29.8 Å². The number of nitrogens with zero attached hydrogens (tertiary/aromatic N) is 2. The fourth-order valence-electron chi connectivity index (χ4n) is 2.43. The van der Waals surface area contributed by atoms with Gasteiger partial charge in [-0.25, -0.2) is 8.42 Å². The van der Waals surface area contributed by atoms with Gasteiger partial charge in [-0.1, -0.05) is 26.0 Å². The molecule has 0 amide bonds. The van der Waals surface area contributed by atoms with Gasteiger partial charge in [-0.3, -0.25) is 4.90 Å².